The van der Waals surface area contributed by atoms with Crippen molar-refractivity contribution >= 4 is 11.8 Å². The molecule has 1 heterocycles. The van der Waals surface area contributed by atoms with Crippen LogP contribution in [0.2, 0.25) is 0 Å². The average molecular weight is 264 g/mol. The van der Waals surface area contributed by atoms with Gasteiger partial charge in [0.2, 0.25) is 5.91 Å². The Kier molecular flexibility index (Phi) is 5.71. The van der Waals surface area contributed by atoms with Crippen LogP contribution in [0.3, 0.4) is 0 Å². The van der Waals surface area contributed by atoms with E-state index in [4.69, 9.17) is 10.00 Å². The van der Waals surface area contributed by atoms with E-state index in [0.717, 1.165) is 11.3 Å². The number of hydrogen-bond acceptors (Lipinski definition) is 4. The third-order valence-corrected chi connectivity index (χ3v) is 3.08. The summed E-state index contributed by atoms with van der Waals surface area (Å²) in [4.78, 5) is 25.0. The molecule has 2 amide bonds. The van der Waals surface area contributed by atoms with Crippen molar-refractivity contribution in [3.63, 3.8) is 0 Å². The van der Waals surface area contributed by atoms with Crippen LogP contribution in [0.4, 0.5) is 0 Å². The first-order chi connectivity index (χ1) is 9.01. The summed E-state index contributed by atoms with van der Waals surface area (Å²) in [6.45, 7) is 6.57. The van der Waals surface area contributed by atoms with Gasteiger partial charge in [-0.1, -0.05) is 6.92 Å². The van der Waals surface area contributed by atoms with E-state index in [2.05, 4.69) is 0 Å². The van der Waals surface area contributed by atoms with Crippen LogP contribution in [0.1, 0.15) is 40.0 Å². The lowest BCUT2D eigenvalue weighted by Crippen LogP contribution is -2.42. The molecule has 0 N–H and O–H groups in total. The summed E-state index contributed by atoms with van der Waals surface area (Å²) in [6, 6.07) is 1.88. The van der Waals surface area contributed by atoms with E-state index in [1.54, 1.807) is 6.92 Å². The van der Waals surface area contributed by atoms with Gasteiger partial charge in [-0.3, -0.25) is 14.5 Å². The van der Waals surface area contributed by atoms with Gasteiger partial charge in [-0.15, -0.1) is 0 Å². The molecular weight excluding hydrogens is 244 g/mol. The molecule has 5 nitrogen and oxygen atoms in total. The van der Waals surface area contributed by atoms with Crippen molar-refractivity contribution in [2.75, 3.05) is 13.2 Å². The van der Waals surface area contributed by atoms with Crippen molar-refractivity contribution in [2.45, 2.75) is 46.1 Å². The summed E-state index contributed by atoms with van der Waals surface area (Å²) in [6.07, 6.45) is 1.68. The zero-order valence-electron chi connectivity index (χ0n) is 11.7. The molecular formula is C14H20N2O3. The van der Waals surface area contributed by atoms with Crippen LogP contribution in [-0.4, -0.2) is 36.0 Å². The van der Waals surface area contributed by atoms with Gasteiger partial charge < -0.3 is 4.74 Å². The quantitative estimate of drug-likeness (QED) is 0.686. The first-order valence-corrected chi connectivity index (χ1v) is 6.57. The van der Waals surface area contributed by atoms with Crippen molar-refractivity contribution in [3.8, 4) is 6.07 Å². The Labute approximate surface area is 113 Å². The lowest BCUT2D eigenvalue weighted by atomic mass is 10.0. The third-order valence-electron chi connectivity index (χ3n) is 3.08. The molecule has 1 unspecified atom stereocenters. The Balaban J connectivity index is 2.62. The zero-order chi connectivity index (χ0) is 14.4. The number of imide groups is 1. The molecule has 0 saturated carbocycles. The molecule has 0 bridgehead atoms. The standard InChI is InChI=1S/C14H20N2O3/c1-4-7-19-11(3)5-6-16-13(17)8-10(2)12(9-15)14(16)18/h11H,4-8H2,1-3H3. The fraction of sp³-hybridized carbons (Fsp3) is 0.643. The molecule has 0 saturated heterocycles. The number of amides is 2. The predicted molar refractivity (Wildman–Crippen MR) is 70.0 cm³/mol. The minimum absolute atomic E-state index is 0.00177. The average Bonchev–Trinajstić information content (AvgIpc) is 2.36. The topological polar surface area (TPSA) is 70.4 Å². The highest BCUT2D eigenvalue weighted by atomic mass is 16.5. The van der Waals surface area contributed by atoms with E-state index < -0.39 is 5.91 Å². The van der Waals surface area contributed by atoms with Crippen LogP contribution in [-0.2, 0) is 14.3 Å². The van der Waals surface area contributed by atoms with Gasteiger partial charge in [0.15, 0.2) is 0 Å². The first-order valence-electron chi connectivity index (χ1n) is 6.57. The number of hydrogen-bond donors (Lipinski definition) is 0. The van der Waals surface area contributed by atoms with Crippen LogP contribution >= 0.6 is 0 Å². The molecule has 0 spiro atoms. The zero-order valence-corrected chi connectivity index (χ0v) is 11.7. The SMILES string of the molecule is CCCOC(C)CCN1C(=O)CC(C)=C(C#N)C1=O. The van der Waals surface area contributed by atoms with E-state index in [0.29, 0.717) is 25.1 Å². The van der Waals surface area contributed by atoms with Crippen LogP contribution in [0, 0.1) is 11.3 Å². The largest absolute Gasteiger partial charge is 0.378 e. The van der Waals surface area contributed by atoms with Gasteiger partial charge in [-0.2, -0.15) is 5.26 Å². The monoisotopic (exact) mass is 264 g/mol. The number of rotatable bonds is 6. The molecule has 0 aromatic carbocycles. The van der Waals surface area contributed by atoms with Gasteiger partial charge in [-0.25, -0.2) is 0 Å². The van der Waals surface area contributed by atoms with Gasteiger partial charge in [0.25, 0.3) is 5.91 Å². The second-order valence-electron chi connectivity index (χ2n) is 4.76. The minimum atomic E-state index is -0.473. The second-order valence-corrected chi connectivity index (χ2v) is 4.76. The molecule has 1 aliphatic heterocycles. The molecule has 5 heteroatoms. The van der Waals surface area contributed by atoms with Gasteiger partial charge in [0, 0.05) is 19.6 Å². The summed E-state index contributed by atoms with van der Waals surface area (Å²) in [7, 11) is 0. The molecule has 0 aromatic heterocycles. The maximum absolute atomic E-state index is 12.0. The van der Waals surface area contributed by atoms with E-state index in [-0.39, 0.29) is 24.0 Å². The molecule has 0 radical (unpaired) electrons. The van der Waals surface area contributed by atoms with Crippen molar-refractivity contribution in [1.29, 1.82) is 5.26 Å². The van der Waals surface area contributed by atoms with Gasteiger partial charge in [0.05, 0.1) is 6.10 Å². The second kappa shape index (κ2) is 7.05. The number of nitriles is 1. The van der Waals surface area contributed by atoms with E-state index in [1.165, 1.54) is 0 Å². The molecule has 0 aliphatic carbocycles. The third kappa shape index (κ3) is 3.90. The summed E-state index contributed by atoms with van der Waals surface area (Å²) in [5.74, 6) is -0.705. The maximum Gasteiger partial charge on any atom is 0.271 e. The highest BCUT2D eigenvalue weighted by Crippen LogP contribution is 2.20. The molecule has 1 aliphatic rings. The van der Waals surface area contributed by atoms with Gasteiger partial charge in [-0.05, 0) is 32.3 Å². The number of ether oxygens (including phenoxy) is 1. The Hall–Kier alpha value is -1.67. The van der Waals surface area contributed by atoms with Crippen LogP contribution in [0.5, 0.6) is 0 Å². The summed E-state index contributed by atoms with van der Waals surface area (Å²) in [5, 5.41) is 8.94. The smallest absolute Gasteiger partial charge is 0.271 e. The first kappa shape index (κ1) is 15.4. The Morgan fingerprint density at radius 1 is 1.47 bits per heavy atom. The van der Waals surface area contributed by atoms with Crippen LogP contribution in [0.15, 0.2) is 11.1 Å². The lowest BCUT2D eigenvalue weighted by Gasteiger charge is -2.26. The minimum Gasteiger partial charge on any atom is -0.378 e. The molecule has 0 fully saturated rings. The van der Waals surface area contributed by atoms with E-state index >= 15 is 0 Å². The number of carbonyl (C=O) groups excluding carboxylic acids is 2. The molecule has 0 aromatic rings. The van der Waals surface area contributed by atoms with Crippen molar-refractivity contribution in [2.24, 2.45) is 0 Å². The number of carbonyl (C=O) groups is 2. The maximum atomic E-state index is 12.0. The Morgan fingerprint density at radius 2 is 2.16 bits per heavy atom. The normalized spacial score (nSPS) is 17.7. The summed E-state index contributed by atoms with van der Waals surface area (Å²) in [5.41, 5.74) is 0.658. The molecule has 19 heavy (non-hydrogen) atoms. The van der Waals surface area contributed by atoms with Crippen molar-refractivity contribution in [3.05, 3.63) is 11.1 Å². The van der Waals surface area contributed by atoms with Gasteiger partial charge >= 0.3 is 0 Å². The van der Waals surface area contributed by atoms with E-state index in [9.17, 15) is 9.59 Å². The fourth-order valence-corrected chi connectivity index (χ4v) is 1.92. The van der Waals surface area contributed by atoms with Crippen molar-refractivity contribution < 1.29 is 14.3 Å². The van der Waals surface area contributed by atoms with Gasteiger partial charge in [0.1, 0.15) is 11.6 Å². The fourth-order valence-electron chi connectivity index (χ4n) is 1.92. The molecule has 1 rings (SSSR count). The molecule has 1 atom stereocenters. The molecule has 104 valence electrons. The Morgan fingerprint density at radius 3 is 2.74 bits per heavy atom. The predicted octanol–water partition coefficient (Wildman–Crippen LogP) is 1.79. The van der Waals surface area contributed by atoms with Crippen LogP contribution < -0.4 is 0 Å². The van der Waals surface area contributed by atoms with Crippen molar-refractivity contribution in [1.82, 2.24) is 4.90 Å². The Bertz CT molecular complexity index is 434. The number of nitrogens with zero attached hydrogens (tertiary/aromatic N) is 2. The lowest BCUT2D eigenvalue weighted by molar-refractivity contribution is -0.143. The summed E-state index contributed by atoms with van der Waals surface area (Å²) >= 11 is 0. The highest BCUT2D eigenvalue weighted by molar-refractivity contribution is 6.10. The highest BCUT2D eigenvalue weighted by Gasteiger charge is 2.31. The van der Waals surface area contributed by atoms with E-state index in [1.807, 2.05) is 19.9 Å². The summed E-state index contributed by atoms with van der Waals surface area (Å²) < 4.78 is 5.50. The van der Waals surface area contributed by atoms with Crippen LogP contribution in [0.25, 0.3) is 0 Å².